The van der Waals surface area contributed by atoms with E-state index in [4.69, 9.17) is 4.52 Å². The second kappa shape index (κ2) is 4.45. The summed E-state index contributed by atoms with van der Waals surface area (Å²) in [5, 5.41) is 13.6. The number of aromatic hydroxyl groups is 1. The lowest BCUT2D eigenvalue weighted by Crippen LogP contribution is -2.16. The van der Waals surface area contributed by atoms with Crippen LogP contribution in [-0.2, 0) is 0 Å². The molecule has 0 spiro atoms. The van der Waals surface area contributed by atoms with Crippen molar-refractivity contribution in [1.29, 1.82) is 0 Å². The second-order valence-electron chi connectivity index (χ2n) is 3.93. The van der Waals surface area contributed by atoms with E-state index in [9.17, 15) is 5.11 Å². The van der Waals surface area contributed by atoms with Crippen LogP contribution in [0.2, 0.25) is 0 Å². The number of aryl methyl sites for hydroxylation is 1. The van der Waals surface area contributed by atoms with Gasteiger partial charge in [0, 0.05) is 13.6 Å². The molecule has 0 bridgehead atoms. The molecule has 90 valence electrons. The minimum atomic E-state index is 0.143. The van der Waals surface area contributed by atoms with Crippen LogP contribution in [0.1, 0.15) is 12.5 Å². The first-order valence-corrected chi connectivity index (χ1v) is 5.46. The SMILES string of the molecule is CCN(C)c1noc(-c2cc(C)ccc2O)n1. The molecule has 0 amide bonds. The third-order valence-electron chi connectivity index (χ3n) is 2.61. The van der Waals surface area contributed by atoms with Crippen molar-refractivity contribution in [2.24, 2.45) is 0 Å². The second-order valence-corrected chi connectivity index (χ2v) is 3.93. The van der Waals surface area contributed by atoms with Crippen molar-refractivity contribution in [2.45, 2.75) is 13.8 Å². The number of hydrogen-bond donors (Lipinski definition) is 1. The van der Waals surface area contributed by atoms with Crippen LogP contribution >= 0.6 is 0 Å². The highest BCUT2D eigenvalue weighted by Crippen LogP contribution is 2.29. The lowest BCUT2D eigenvalue weighted by Gasteiger charge is -2.08. The van der Waals surface area contributed by atoms with Gasteiger partial charge >= 0.3 is 0 Å². The van der Waals surface area contributed by atoms with Gasteiger partial charge in [-0.3, -0.25) is 0 Å². The van der Waals surface area contributed by atoms with Crippen molar-refractivity contribution >= 4 is 5.95 Å². The standard InChI is InChI=1S/C12H15N3O2/c1-4-15(3)12-13-11(17-14-12)9-7-8(2)5-6-10(9)16/h5-7,16H,4H2,1-3H3. The highest BCUT2D eigenvalue weighted by Gasteiger charge is 2.14. The monoisotopic (exact) mass is 233 g/mol. The van der Waals surface area contributed by atoms with E-state index in [1.54, 1.807) is 6.07 Å². The topological polar surface area (TPSA) is 62.4 Å². The number of phenolic OH excluding ortho intramolecular Hbond substituents is 1. The molecule has 0 aliphatic heterocycles. The predicted octanol–water partition coefficient (Wildman–Crippen LogP) is 2.21. The van der Waals surface area contributed by atoms with Crippen molar-refractivity contribution in [2.75, 3.05) is 18.5 Å². The lowest BCUT2D eigenvalue weighted by atomic mass is 10.1. The third-order valence-corrected chi connectivity index (χ3v) is 2.61. The maximum Gasteiger partial charge on any atom is 0.266 e. The molecule has 5 heteroatoms. The van der Waals surface area contributed by atoms with Gasteiger partial charge in [-0.05, 0) is 31.1 Å². The molecular formula is C12H15N3O2. The minimum Gasteiger partial charge on any atom is -0.507 e. The van der Waals surface area contributed by atoms with E-state index in [-0.39, 0.29) is 5.75 Å². The van der Waals surface area contributed by atoms with Gasteiger partial charge in [-0.25, -0.2) is 0 Å². The molecular weight excluding hydrogens is 218 g/mol. The summed E-state index contributed by atoms with van der Waals surface area (Å²) >= 11 is 0. The fraction of sp³-hybridized carbons (Fsp3) is 0.333. The van der Waals surface area contributed by atoms with E-state index < -0.39 is 0 Å². The Kier molecular flexibility index (Phi) is 2.99. The molecule has 2 rings (SSSR count). The maximum absolute atomic E-state index is 9.75. The largest absolute Gasteiger partial charge is 0.507 e. The molecule has 2 aromatic rings. The van der Waals surface area contributed by atoms with Gasteiger partial charge < -0.3 is 14.5 Å². The van der Waals surface area contributed by atoms with Crippen LogP contribution in [0.25, 0.3) is 11.5 Å². The lowest BCUT2D eigenvalue weighted by molar-refractivity contribution is 0.424. The molecule has 0 saturated carbocycles. The van der Waals surface area contributed by atoms with Gasteiger partial charge in [0.25, 0.3) is 11.8 Å². The zero-order valence-corrected chi connectivity index (χ0v) is 10.1. The van der Waals surface area contributed by atoms with E-state index in [2.05, 4.69) is 10.1 Å². The summed E-state index contributed by atoms with van der Waals surface area (Å²) in [5.74, 6) is 0.995. The molecule has 17 heavy (non-hydrogen) atoms. The fourth-order valence-electron chi connectivity index (χ4n) is 1.44. The molecule has 1 aromatic carbocycles. The highest BCUT2D eigenvalue weighted by atomic mass is 16.5. The number of rotatable bonds is 3. The Labute approximate surface area is 99.7 Å². The smallest absolute Gasteiger partial charge is 0.266 e. The Morgan fingerprint density at radius 1 is 1.41 bits per heavy atom. The van der Waals surface area contributed by atoms with E-state index in [0.717, 1.165) is 12.1 Å². The fourth-order valence-corrected chi connectivity index (χ4v) is 1.44. The molecule has 0 atom stereocenters. The molecule has 0 radical (unpaired) electrons. The Hall–Kier alpha value is -2.04. The zero-order chi connectivity index (χ0) is 12.4. The van der Waals surface area contributed by atoms with Gasteiger partial charge in [-0.15, -0.1) is 0 Å². The number of aromatic nitrogens is 2. The van der Waals surface area contributed by atoms with Crippen molar-refractivity contribution in [3.05, 3.63) is 23.8 Å². The van der Waals surface area contributed by atoms with E-state index in [1.165, 1.54) is 0 Å². The van der Waals surface area contributed by atoms with Crippen molar-refractivity contribution in [1.82, 2.24) is 10.1 Å². The van der Waals surface area contributed by atoms with E-state index in [0.29, 0.717) is 17.4 Å². The summed E-state index contributed by atoms with van der Waals surface area (Å²) in [6.07, 6.45) is 0. The molecule has 0 aliphatic rings. The Morgan fingerprint density at radius 3 is 2.88 bits per heavy atom. The summed E-state index contributed by atoms with van der Waals surface area (Å²) in [5.41, 5.74) is 1.59. The summed E-state index contributed by atoms with van der Waals surface area (Å²) in [6, 6.07) is 5.27. The summed E-state index contributed by atoms with van der Waals surface area (Å²) < 4.78 is 5.15. The maximum atomic E-state index is 9.75. The number of hydrogen-bond acceptors (Lipinski definition) is 5. The normalized spacial score (nSPS) is 10.5. The predicted molar refractivity (Wildman–Crippen MR) is 65.1 cm³/mol. The molecule has 0 saturated heterocycles. The van der Waals surface area contributed by atoms with Crippen molar-refractivity contribution < 1.29 is 9.63 Å². The molecule has 1 aromatic heterocycles. The van der Waals surface area contributed by atoms with Crippen LogP contribution in [0, 0.1) is 6.92 Å². The van der Waals surface area contributed by atoms with Gasteiger partial charge in [-0.2, -0.15) is 4.98 Å². The molecule has 0 fully saturated rings. The van der Waals surface area contributed by atoms with Gasteiger partial charge in [0.1, 0.15) is 5.75 Å². The van der Waals surface area contributed by atoms with E-state index in [1.807, 2.05) is 37.9 Å². The number of benzene rings is 1. The number of anilines is 1. The first-order chi connectivity index (χ1) is 8.11. The average molecular weight is 233 g/mol. The Bertz CT molecular complexity index is 522. The van der Waals surface area contributed by atoms with Crippen LogP contribution in [0.3, 0.4) is 0 Å². The van der Waals surface area contributed by atoms with Gasteiger partial charge in [0.15, 0.2) is 0 Å². The van der Waals surface area contributed by atoms with E-state index >= 15 is 0 Å². The first kappa shape index (κ1) is 11.4. The average Bonchev–Trinajstić information content (AvgIpc) is 2.80. The van der Waals surface area contributed by atoms with Crippen molar-refractivity contribution in [3.63, 3.8) is 0 Å². The number of nitrogens with zero attached hydrogens (tertiary/aromatic N) is 3. The molecule has 1 N–H and O–H groups in total. The van der Waals surface area contributed by atoms with Crippen LogP contribution in [-0.4, -0.2) is 28.8 Å². The van der Waals surface area contributed by atoms with Gasteiger partial charge in [-0.1, -0.05) is 11.6 Å². The quantitative estimate of drug-likeness (QED) is 0.880. The minimum absolute atomic E-state index is 0.143. The highest BCUT2D eigenvalue weighted by molar-refractivity contribution is 5.63. The van der Waals surface area contributed by atoms with Gasteiger partial charge in [0.2, 0.25) is 0 Å². The molecule has 1 heterocycles. The third kappa shape index (κ3) is 2.22. The van der Waals surface area contributed by atoms with Crippen LogP contribution in [0.15, 0.2) is 22.7 Å². The van der Waals surface area contributed by atoms with Crippen LogP contribution < -0.4 is 4.90 Å². The molecule has 0 aliphatic carbocycles. The Balaban J connectivity index is 2.40. The van der Waals surface area contributed by atoms with Crippen LogP contribution in [0.4, 0.5) is 5.95 Å². The zero-order valence-electron chi connectivity index (χ0n) is 10.1. The first-order valence-electron chi connectivity index (χ1n) is 5.46. The summed E-state index contributed by atoms with van der Waals surface area (Å²) in [7, 11) is 1.88. The Morgan fingerprint density at radius 2 is 2.18 bits per heavy atom. The molecule has 5 nitrogen and oxygen atoms in total. The summed E-state index contributed by atoms with van der Waals surface area (Å²) in [6.45, 7) is 4.73. The van der Waals surface area contributed by atoms with Crippen LogP contribution in [0.5, 0.6) is 5.75 Å². The molecule has 0 unspecified atom stereocenters. The number of phenols is 1. The van der Waals surface area contributed by atoms with Crippen molar-refractivity contribution in [3.8, 4) is 17.2 Å². The summed E-state index contributed by atoms with van der Waals surface area (Å²) in [4.78, 5) is 6.10. The van der Waals surface area contributed by atoms with Gasteiger partial charge in [0.05, 0.1) is 5.56 Å².